The number of para-hydroxylation sites is 6. The van der Waals surface area contributed by atoms with Crippen molar-refractivity contribution < 1.29 is 0 Å². The lowest BCUT2D eigenvalue weighted by Crippen LogP contribution is -1.93. The Kier molecular flexibility index (Phi) is 5.01. The van der Waals surface area contributed by atoms with Gasteiger partial charge >= 0.3 is 0 Å². The van der Waals surface area contributed by atoms with Crippen LogP contribution < -0.4 is 0 Å². The summed E-state index contributed by atoms with van der Waals surface area (Å²) < 4.78 is 7.47. The Morgan fingerprint density at radius 1 is 0.291 bits per heavy atom. The van der Waals surface area contributed by atoms with Crippen molar-refractivity contribution in [3.63, 3.8) is 0 Å². The Hall–Kier alpha value is -7.36. The molecule has 14 rings (SSSR count). The van der Waals surface area contributed by atoms with Crippen LogP contribution in [0, 0.1) is 0 Å². The number of benzene rings is 9. The van der Waals surface area contributed by atoms with Gasteiger partial charge < -0.3 is 13.4 Å². The van der Waals surface area contributed by atoms with E-state index in [1.807, 2.05) is 0 Å². The second-order valence-electron chi connectivity index (χ2n) is 15.2. The van der Waals surface area contributed by atoms with E-state index < -0.39 is 0 Å². The molecule has 0 radical (unpaired) electrons. The van der Waals surface area contributed by atoms with Crippen LogP contribution in [0.25, 0.3) is 126 Å². The summed E-state index contributed by atoms with van der Waals surface area (Å²) in [5.74, 6) is 0. The lowest BCUT2D eigenvalue weighted by molar-refractivity contribution is 1.18. The number of fused-ring (bicyclic) bond motifs is 18. The summed E-state index contributed by atoms with van der Waals surface area (Å²) in [7, 11) is 0. The van der Waals surface area contributed by atoms with Crippen LogP contribution in [-0.4, -0.2) is 13.4 Å². The molecule has 9 aromatic carbocycles. The van der Waals surface area contributed by atoms with Gasteiger partial charge in [0.2, 0.25) is 0 Å². The first-order valence-corrected chi connectivity index (χ1v) is 19.1. The molecule has 0 aliphatic carbocycles. The van der Waals surface area contributed by atoms with Crippen LogP contribution in [0.2, 0.25) is 0 Å². The van der Waals surface area contributed by atoms with Crippen LogP contribution >= 0.6 is 0 Å². The van der Waals surface area contributed by atoms with E-state index in [2.05, 4.69) is 189 Å². The molecule has 0 N–H and O–H groups in total. The smallest absolute Gasteiger partial charge is 0.0620 e. The van der Waals surface area contributed by atoms with E-state index >= 15 is 0 Å². The van der Waals surface area contributed by atoms with E-state index in [-0.39, 0.29) is 0 Å². The van der Waals surface area contributed by atoms with Gasteiger partial charge in [-0.25, -0.2) is 0 Å². The molecule has 5 aromatic heterocycles. The van der Waals surface area contributed by atoms with E-state index in [1.165, 1.54) is 126 Å². The third-order valence-corrected chi connectivity index (χ3v) is 12.7. The molecule has 0 atom stereocenters. The van der Waals surface area contributed by atoms with Crippen molar-refractivity contribution in [3.8, 4) is 16.8 Å². The third-order valence-electron chi connectivity index (χ3n) is 12.7. The first kappa shape index (κ1) is 28.2. The fraction of sp³-hybridized carbons (Fsp3) is 0. The quantitative estimate of drug-likeness (QED) is 0.171. The van der Waals surface area contributed by atoms with Gasteiger partial charge in [0.25, 0.3) is 0 Å². The van der Waals surface area contributed by atoms with Crippen molar-refractivity contribution in [3.05, 3.63) is 176 Å². The van der Waals surface area contributed by atoms with Crippen molar-refractivity contribution >= 4 is 109 Å². The first-order valence-electron chi connectivity index (χ1n) is 19.1. The van der Waals surface area contributed by atoms with Crippen molar-refractivity contribution in [1.29, 1.82) is 0 Å². The van der Waals surface area contributed by atoms with Crippen LogP contribution in [-0.2, 0) is 0 Å². The molecule has 3 nitrogen and oxygen atoms in total. The molecule has 0 saturated heterocycles. The molecule has 0 fully saturated rings. The normalized spacial score (nSPS) is 12.7. The van der Waals surface area contributed by atoms with E-state index in [1.54, 1.807) is 0 Å². The van der Waals surface area contributed by atoms with Gasteiger partial charge in [-0.2, -0.15) is 0 Å². The van der Waals surface area contributed by atoms with Crippen molar-refractivity contribution in [2.24, 2.45) is 0 Å². The first-order chi connectivity index (χ1) is 27.3. The minimum atomic E-state index is 1.18. The second-order valence-corrected chi connectivity index (χ2v) is 15.2. The predicted octanol–water partition coefficient (Wildman–Crippen LogP) is 13.9. The van der Waals surface area contributed by atoms with Crippen molar-refractivity contribution in [1.82, 2.24) is 13.4 Å². The molecule has 0 unspecified atom stereocenters. The zero-order chi connectivity index (χ0) is 35.5. The highest BCUT2D eigenvalue weighted by atomic mass is 15.0. The number of nitrogens with zero attached hydrogens (tertiary/aromatic N) is 3. The molecule has 14 aromatic rings. The largest absolute Gasteiger partial charge is 0.309 e. The fourth-order valence-electron chi connectivity index (χ4n) is 10.6. The molecule has 0 spiro atoms. The second kappa shape index (κ2) is 9.79. The number of rotatable bonds is 2. The van der Waals surface area contributed by atoms with Gasteiger partial charge in [-0.05, 0) is 59.5 Å². The molecule has 0 aliphatic rings. The van der Waals surface area contributed by atoms with Crippen LogP contribution in [0.3, 0.4) is 0 Å². The summed E-state index contributed by atoms with van der Waals surface area (Å²) in [6.07, 6.45) is 0. The highest BCUT2D eigenvalue weighted by Gasteiger charge is 2.25. The van der Waals surface area contributed by atoms with Crippen molar-refractivity contribution in [2.45, 2.75) is 0 Å². The summed E-state index contributed by atoms with van der Waals surface area (Å²) in [5.41, 5.74) is 13.8. The van der Waals surface area contributed by atoms with Crippen LogP contribution in [0.1, 0.15) is 0 Å². The van der Waals surface area contributed by atoms with E-state index in [9.17, 15) is 0 Å². The average molecular weight is 696 g/mol. The Labute approximate surface area is 313 Å². The third kappa shape index (κ3) is 3.31. The Bertz CT molecular complexity index is 3930. The maximum Gasteiger partial charge on any atom is 0.0620 e. The molecular formula is C52H29N3. The average Bonchev–Trinajstić information content (AvgIpc) is 4.04. The monoisotopic (exact) mass is 695 g/mol. The molecule has 0 amide bonds. The lowest BCUT2D eigenvalue weighted by atomic mass is 9.96. The molecule has 0 aliphatic heterocycles. The fourth-order valence-corrected chi connectivity index (χ4v) is 10.6. The molecule has 0 saturated carbocycles. The maximum absolute atomic E-state index is 2.58. The number of hydrogen-bond donors (Lipinski definition) is 0. The minimum Gasteiger partial charge on any atom is -0.309 e. The Morgan fingerprint density at radius 3 is 1.58 bits per heavy atom. The van der Waals surface area contributed by atoms with Gasteiger partial charge in [-0.3, -0.25) is 0 Å². The molecule has 0 bridgehead atoms. The van der Waals surface area contributed by atoms with Crippen LogP contribution in [0.5, 0.6) is 0 Å². The van der Waals surface area contributed by atoms with Gasteiger partial charge in [0.15, 0.2) is 0 Å². The topological polar surface area (TPSA) is 13.8 Å². The summed E-state index contributed by atoms with van der Waals surface area (Å²) in [5, 5.41) is 15.7. The summed E-state index contributed by atoms with van der Waals surface area (Å²) in [4.78, 5) is 0. The molecule has 3 heteroatoms. The Balaban J connectivity index is 1.12. The van der Waals surface area contributed by atoms with E-state index in [0.29, 0.717) is 0 Å². The lowest BCUT2D eigenvalue weighted by Gasteiger charge is -2.10. The standard InChI is InChI=1S/C52H29N3/c1-2-11-32(12-3-1)53-42-21-6-5-14-35(42)41-29-31(25-26-44(41)53)33-15-8-17-37-38-18-10-20-40-49-46(55(50(33)37)52(38)40)28-24-30-23-27-45-48(47(30)49)39-19-9-16-36-34-13-4-7-22-43(34)54(45)51(36)39/h1-29H. The van der Waals surface area contributed by atoms with Gasteiger partial charge in [-0.15, -0.1) is 0 Å². The zero-order valence-electron chi connectivity index (χ0n) is 29.6. The van der Waals surface area contributed by atoms with E-state index in [4.69, 9.17) is 0 Å². The highest BCUT2D eigenvalue weighted by Crippen LogP contribution is 2.48. The van der Waals surface area contributed by atoms with E-state index in [0.717, 1.165) is 0 Å². The molecule has 55 heavy (non-hydrogen) atoms. The number of aromatic nitrogens is 3. The highest BCUT2D eigenvalue weighted by molar-refractivity contribution is 6.37. The molecule has 5 heterocycles. The van der Waals surface area contributed by atoms with Gasteiger partial charge in [0, 0.05) is 70.5 Å². The van der Waals surface area contributed by atoms with Crippen LogP contribution in [0.4, 0.5) is 0 Å². The summed E-state index contributed by atoms with van der Waals surface area (Å²) in [6.45, 7) is 0. The summed E-state index contributed by atoms with van der Waals surface area (Å²) in [6, 6.07) is 65.4. The van der Waals surface area contributed by atoms with Crippen molar-refractivity contribution in [2.75, 3.05) is 0 Å². The molecule has 252 valence electrons. The predicted molar refractivity (Wildman–Crippen MR) is 233 cm³/mol. The van der Waals surface area contributed by atoms with Crippen LogP contribution in [0.15, 0.2) is 176 Å². The minimum absolute atomic E-state index is 1.18. The van der Waals surface area contributed by atoms with Gasteiger partial charge in [0.05, 0.1) is 44.1 Å². The Morgan fingerprint density at radius 2 is 0.818 bits per heavy atom. The van der Waals surface area contributed by atoms with Gasteiger partial charge in [-0.1, -0.05) is 127 Å². The maximum atomic E-state index is 2.58. The molecular weight excluding hydrogens is 667 g/mol. The zero-order valence-corrected chi connectivity index (χ0v) is 29.6. The summed E-state index contributed by atoms with van der Waals surface area (Å²) >= 11 is 0. The van der Waals surface area contributed by atoms with Gasteiger partial charge in [0.1, 0.15) is 0 Å². The SMILES string of the molecule is c1ccc(-n2c3ccccc3c3cc(-c4cccc5c6cccc7c8c9c(ccc%10c9c9cccc%11c%12ccccc%12n%10c%119)ccc8n(c45)c67)ccc32)cc1. The number of hydrogen-bond acceptors (Lipinski definition) is 0.